The highest BCUT2D eigenvalue weighted by atomic mass is 16.6. The summed E-state index contributed by atoms with van der Waals surface area (Å²) in [5, 5.41) is 21.0. The van der Waals surface area contributed by atoms with E-state index in [1.54, 1.807) is 6.92 Å². The van der Waals surface area contributed by atoms with E-state index in [0.717, 1.165) is 25.7 Å². The summed E-state index contributed by atoms with van der Waals surface area (Å²) in [4.78, 5) is 16.6. The lowest BCUT2D eigenvalue weighted by Crippen LogP contribution is -2.43. The standard InChI is InChI=1S/C13H19N3O3/c1-9-8-14-13(7-11(9)16(18)19)15(2)10-5-3-4-6-12(10)17/h7-8,10,12,17H,3-6H2,1-2H3. The second-order valence-electron chi connectivity index (χ2n) is 5.12. The fourth-order valence-corrected chi connectivity index (χ4v) is 2.61. The molecule has 6 heteroatoms. The molecule has 6 nitrogen and oxygen atoms in total. The summed E-state index contributed by atoms with van der Waals surface area (Å²) in [7, 11) is 1.83. The lowest BCUT2D eigenvalue weighted by molar-refractivity contribution is -0.385. The van der Waals surface area contributed by atoms with Crippen molar-refractivity contribution in [1.82, 2.24) is 4.98 Å². The van der Waals surface area contributed by atoms with Crippen molar-refractivity contribution in [2.45, 2.75) is 44.8 Å². The minimum Gasteiger partial charge on any atom is -0.391 e. The van der Waals surface area contributed by atoms with Crippen LogP contribution in [0.3, 0.4) is 0 Å². The van der Waals surface area contributed by atoms with Crippen LogP contribution in [0.25, 0.3) is 0 Å². The molecule has 104 valence electrons. The summed E-state index contributed by atoms with van der Waals surface area (Å²) in [6, 6.07) is 1.47. The number of hydrogen-bond acceptors (Lipinski definition) is 5. The third kappa shape index (κ3) is 2.84. The molecule has 1 heterocycles. The number of aliphatic hydroxyl groups is 1. The molecule has 0 radical (unpaired) electrons. The number of pyridine rings is 1. The topological polar surface area (TPSA) is 79.5 Å². The Morgan fingerprint density at radius 2 is 2.16 bits per heavy atom. The molecule has 1 fully saturated rings. The van der Waals surface area contributed by atoms with Crippen molar-refractivity contribution in [3.05, 3.63) is 27.9 Å². The van der Waals surface area contributed by atoms with Gasteiger partial charge < -0.3 is 10.0 Å². The summed E-state index contributed by atoms with van der Waals surface area (Å²) in [5.41, 5.74) is 0.619. The average Bonchev–Trinajstić information content (AvgIpc) is 2.38. The lowest BCUT2D eigenvalue weighted by atomic mass is 9.91. The van der Waals surface area contributed by atoms with Crippen molar-refractivity contribution >= 4 is 11.5 Å². The van der Waals surface area contributed by atoms with Crippen molar-refractivity contribution in [2.75, 3.05) is 11.9 Å². The minimum absolute atomic E-state index is 0.0106. The predicted molar refractivity (Wildman–Crippen MR) is 72.3 cm³/mol. The largest absolute Gasteiger partial charge is 0.391 e. The molecule has 0 aromatic carbocycles. The quantitative estimate of drug-likeness (QED) is 0.668. The number of aryl methyl sites for hydroxylation is 1. The van der Waals surface area contributed by atoms with Gasteiger partial charge in [0.1, 0.15) is 5.82 Å². The molecule has 1 aromatic heterocycles. The van der Waals surface area contributed by atoms with Crippen LogP contribution in [0.4, 0.5) is 11.5 Å². The summed E-state index contributed by atoms with van der Waals surface area (Å²) in [6.07, 6.45) is 4.90. The molecule has 2 atom stereocenters. The Labute approximate surface area is 112 Å². The van der Waals surface area contributed by atoms with Crippen molar-refractivity contribution in [3.63, 3.8) is 0 Å². The molecule has 2 unspecified atom stereocenters. The van der Waals surface area contributed by atoms with E-state index >= 15 is 0 Å². The zero-order valence-electron chi connectivity index (χ0n) is 11.2. The lowest BCUT2D eigenvalue weighted by Gasteiger charge is -2.35. The molecule has 1 aliphatic carbocycles. The average molecular weight is 265 g/mol. The van der Waals surface area contributed by atoms with E-state index in [9.17, 15) is 15.2 Å². The van der Waals surface area contributed by atoms with Gasteiger partial charge in [0.05, 0.1) is 23.1 Å². The molecule has 19 heavy (non-hydrogen) atoms. The highest BCUT2D eigenvalue weighted by Crippen LogP contribution is 2.28. The van der Waals surface area contributed by atoms with E-state index in [1.807, 2.05) is 11.9 Å². The van der Waals surface area contributed by atoms with Crippen LogP contribution >= 0.6 is 0 Å². The minimum atomic E-state index is -0.397. The van der Waals surface area contributed by atoms with Gasteiger partial charge in [0.15, 0.2) is 0 Å². The molecule has 0 aliphatic heterocycles. The van der Waals surface area contributed by atoms with Crippen molar-refractivity contribution in [2.24, 2.45) is 0 Å². The maximum absolute atomic E-state index is 10.9. The first-order chi connectivity index (χ1) is 9.00. The Morgan fingerprint density at radius 3 is 2.79 bits per heavy atom. The number of hydrogen-bond donors (Lipinski definition) is 1. The first-order valence-corrected chi connectivity index (χ1v) is 6.52. The third-order valence-corrected chi connectivity index (χ3v) is 3.81. The van der Waals surface area contributed by atoms with Gasteiger partial charge in [0.2, 0.25) is 0 Å². The van der Waals surface area contributed by atoms with Crippen LogP contribution in [-0.4, -0.2) is 34.2 Å². The van der Waals surface area contributed by atoms with Gasteiger partial charge in [0.25, 0.3) is 5.69 Å². The van der Waals surface area contributed by atoms with E-state index in [4.69, 9.17) is 0 Å². The van der Waals surface area contributed by atoms with Crippen LogP contribution in [0, 0.1) is 17.0 Å². The van der Waals surface area contributed by atoms with E-state index in [0.29, 0.717) is 11.4 Å². The molecule has 0 bridgehead atoms. The summed E-state index contributed by atoms with van der Waals surface area (Å²) in [6.45, 7) is 1.67. The maximum atomic E-state index is 10.9. The van der Waals surface area contributed by atoms with Crippen LogP contribution in [0.15, 0.2) is 12.3 Å². The number of nitrogens with zero attached hydrogens (tertiary/aromatic N) is 3. The van der Waals surface area contributed by atoms with Gasteiger partial charge in [-0.2, -0.15) is 0 Å². The van der Waals surface area contributed by atoms with Crippen molar-refractivity contribution < 1.29 is 10.0 Å². The van der Waals surface area contributed by atoms with Gasteiger partial charge in [-0.25, -0.2) is 4.98 Å². The van der Waals surface area contributed by atoms with Crippen molar-refractivity contribution in [1.29, 1.82) is 0 Å². The zero-order chi connectivity index (χ0) is 14.0. The van der Waals surface area contributed by atoms with Crippen LogP contribution in [0.2, 0.25) is 0 Å². The molecule has 1 saturated carbocycles. The Balaban J connectivity index is 2.25. The van der Waals surface area contributed by atoms with Crippen molar-refractivity contribution in [3.8, 4) is 0 Å². The van der Waals surface area contributed by atoms with Gasteiger partial charge in [0, 0.05) is 18.8 Å². The third-order valence-electron chi connectivity index (χ3n) is 3.81. The summed E-state index contributed by atoms with van der Waals surface area (Å²) >= 11 is 0. The van der Waals surface area contributed by atoms with Crippen LogP contribution < -0.4 is 4.90 Å². The van der Waals surface area contributed by atoms with Gasteiger partial charge in [-0.3, -0.25) is 10.1 Å². The molecule has 0 spiro atoms. The number of aromatic nitrogens is 1. The Hall–Kier alpha value is -1.69. The monoisotopic (exact) mass is 265 g/mol. The van der Waals surface area contributed by atoms with E-state index in [-0.39, 0.29) is 17.8 Å². The first kappa shape index (κ1) is 13.7. The molecule has 0 amide bonds. The highest BCUT2D eigenvalue weighted by Gasteiger charge is 2.28. The van der Waals surface area contributed by atoms with E-state index in [2.05, 4.69) is 4.98 Å². The Morgan fingerprint density at radius 1 is 1.47 bits per heavy atom. The smallest absolute Gasteiger partial charge is 0.277 e. The molecule has 1 aliphatic rings. The molecule has 2 rings (SSSR count). The fraction of sp³-hybridized carbons (Fsp3) is 0.615. The number of likely N-dealkylation sites (N-methyl/N-ethyl adjacent to an activating group) is 1. The summed E-state index contributed by atoms with van der Waals surface area (Å²) in [5.74, 6) is 0.545. The van der Waals surface area contributed by atoms with Crippen LogP contribution in [0.1, 0.15) is 31.2 Å². The zero-order valence-corrected chi connectivity index (χ0v) is 11.2. The van der Waals surface area contributed by atoms with Crippen LogP contribution in [0.5, 0.6) is 0 Å². The normalized spacial score (nSPS) is 23.1. The fourth-order valence-electron chi connectivity index (χ4n) is 2.61. The highest BCUT2D eigenvalue weighted by molar-refractivity contribution is 5.51. The van der Waals surface area contributed by atoms with E-state index in [1.165, 1.54) is 12.3 Å². The Kier molecular flexibility index (Phi) is 3.99. The van der Waals surface area contributed by atoms with Crippen LogP contribution in [-0.2, 0) is 0 Å². The number of anilines is 1. The van der Waals surface area contributed by atoms with E-state index < -0.39 is 4.92 Å². The van der Waals surface area contributed by atoms with Gasteiger partial charge in [-0.1, -0.05) is 12.8 Å². The number of nitro groups is 1. The molecular weight excluding hydrogens is 246 g/mol. The molecule has 1 N–H and O–H groups in total. The molecule has 1 aromatic rings. The second-order valence-corrected chi connectivity index (χ2v) is 5.12. The first-order valence-electron chi connectivity index (χ1n) is 6.52. The SMILES string of the molecule is Cc1cnc(N(C)C2CCCCC2O)cc1[N+](=O)[O-]. The Bertz CT molecular complexity index is 478. The predicted octanol–water partition coefficient (Wildman–Crippen LogP) is 2.04. The second kappa shape index (κ2) is 5.52. The number of aliphatic hydroxyl groups excluding tert-OH is 1. The van der Waals surface area contributed by atoms with Gasteiger partial charge in [-0.05, 0) is 19.8 Å². The molecular formula is C13H19N3O3. The van der Waals surface area contributed by atoms with Gasteiger partial charge in [-0.15, -0.1) is 0 Å². The maximum Gasteiger partial charge on any atom is 0.277 e. The number of rotatable bonds is 3. The molecule has 0 saturated heterocycles. The summed E-state index contributed by atoms with van der Waals surface area (Å²) < 4.78 is 0. The van der Waals surface area contributed by atoms with Gasteiger partial charge >= 0.3 is 0 Å².